The van der Waals surface area contributed by atoms with E-state index in [-0.39, 0.29) is 5.78 Å². The highest BCUT2D eigenvalue weighted by atomic mass is 19.1. The number of nitrogens with zero attached hydrogens (tertiary/aromatic N) is 1. The van der Waals surface area contributed by atoms with E-state index in [1.54, 1.807) is 6.92 Å². The molecular weight excluding hydrogens is 171 g/mol. The van der Waals surface area contributed by atoms with Gasteiger partial charge in [-0.2, -0.15) is 4.39 Å². The molecule has 70 valence electrons. The summed E-state index contributed by atoms with van der Waals surface area (Å²) in [7, 11) is 0. The number of hydrogen-bond donors (Lipinski definition) is 1. The molecule has 0 aromatic carbocycles. The van der Waals surface area contributed by atoms with Crippen LogP contribution in [0.4, 0.5) is 4.39 Å². The van der Waals surface area contributed by atoms with Crippen LogP contribution in [0.1, 0.15) is 24.1 Å². The van der Waals surface area contributed by atoms with E-state index in [9.17, 15) is 9.18 Å². The Bertz CT molecular complexity index is 338. The van der Waals surface area contributed by atoms with Gasteiger partial charge in [-0.15, -0.1) is 0 Å². The average molecular weight is 182 g/mol. The van der Waals surface area contributed by atoms with Crippen molar-refractivity contribution >= 4 is 5.78 Å². The van der Waals surface area contributed by atoms with Gasteiger partial charge in [-0.3, -0.25) is 4.79 Å². The van der Waals surface area contributed by atoms with Crippen molar-refractivity contribution in [3.63, 3.8) is 0 Å². The normalized spacial score (nSPS) is 12.6. The molecule has 1 unspecified atom stereocenters. The quantitative estimate of drug-likeness (QED) is 0.697. The number of carbonyl (C=O) groups excluding carboxylic acids is 1. The molecule has 4 heteroatoms. The van der Waals surface area contributed by atoms with Crippen molar-refractivity contribution in [2.45, 2.75) is 19.9 Å². The smallest absolute Gasteiger partial charge is 0.215 e. The highest BCUT2D eigenvalue weighted by molar-refractivity contribution is 5.82. The maximum atomic E-state index is 12.7. The molecule has 1 aromatic heterocycles. The Balaban J connectivity index is 3.03. The minimum atomic E-state index is -0.702. The minimum Gasteiger partial charge on any atom is -0.318 e. The number of aromatic nitrogens is 1. The molecule has 3 nitrogen and oxygen atoms in total. The van der Waals surface area contributed by atoms with Crippen LogP contribution in [0.5, 0.6) is 0 Å². The largest absolute Gasteiger partial charge is 0.318 e. The summed E-state index contributed by atoms with van der Waals surface area (Å²) < 4.78 is 12.7. The fourth-order valence-electron chi connectivity index (χ4n) is 0.985. The van der Waals surface area contributed by atoms with E-state index in [4.69, 9.17) is 5.73 Å². The van der Waals surface area contributed by atoms with Gasteiger partial charge < -0.3 is 5.73 Å². The molecular formula is C9H11FN2O. The number of nitrogens with two attached hydrogens (primary N) is 1. The first-order valence-corrected chi connectivity index (χ1v) is 3.90. The lowest BCUT2D eigenvalue weighted by Crippen LogP contribution is -2.19. The van der Waals surface area contributed by atoms with Gasteiger partial charge in [0, 0.05) is 11.8 Å². The van der Waals surface area contributed by atoms with E-state index < -0.39 is 12.0 Å². The molecule has 0 spiro atoms. The fourth-order valence-corrected chi connectivity index (χ4v) is 0.985. The Labute approximate surface area is 75.8 Å². The second-order valence-corrected chi connectivity index (χ2v) is 2.96. The number of halogens is 1. The lowest BCUT2D eigenvalue weighted by molar-refractivity contribution is -0.118. The molecule has 1 heterocycles. The number of hydrogen-bond acceptors (Lipinski definition) is 3. The van der Waals surface area contributed by atoms with Crippen LogP contribution < -0.4 is 5.73 Å². The standard InChI is InChI=1S/C9H11FN2O/c1-5-3-7(4-12-9(5)10)8(11)6(2)13/h3-4,8H,11H2,1-2H3. The number of carbonyl (C=O) groups is 1. The van der Waals surface area contributed by atoms with Gasteiger partial charge in [-0.05, 0) is 25.5 Å². The van der Waals surface area contributed by atoms with Crippen LogP contribution >= 0.6 is 0 Å². The maximum absolute atomic E-state index is 12.7. The number of rotatable bonds is 2. The van der Waals surface area contributed by atoms with Crippen molar-refractivity contribution in [3.05, 3.63) is 29.3 Å². The highest BCUT2D eigenvalue weighted by Crippen LogP contribution is 2.13. The van der Waals surface area contributed by atoms with Crippen LogP contribution in [0.25, 0.3) is 0 Å². The molecule has 0 bridgehead atoms. The first-order valence-electron chi connectivity index (χ1n) is 3.90. The second-order valence-electron chi connectivity index (χ2n) is 2.96. The molecule has 13 heavy (non-hydrogen) atoms. The van der Waals surface area contributed by atoms with Gasteiger partial charge in [0.25, 0.3) is 0 Å². The predicted octanol–water partition coefficient (Wildman–Crippen LogP) is 1.12. The van der Waals surface area contributed by atoms with Crippen LogP contribution in [-0.2, 0) is 4.79 Å². The highest BCUT2D eigenvalue weighted by Gasteiger charge is 2.12. The van der Waals surface area contributed by atoms with E-state index in [0.717, 1.165) is 0 Å². The molecule has 0 amide bonds. The molecule has 0 radical (unpaired) electrons. The van der Waals surface area contributed by atoms with Gasteiger partial charge in [0.2, 0.25) is 5.95 Å². The molecule has 0 aliphatic rings. The van der Waals surface area contributed by atoms with Crippen molar-refractivity contribution in [2.75, 3.05) is 0 Å². The van der Waals surface area contributed by atoms with E-state index in [1.807, 2.05) is 0 Å². The van der Waals surface area contributed by atoms with Crippen LogP contribution in [-0.4, -0.2) is 10.8 Å². The van der Waals surface area contributed by atoms with Crippen LogP contribution in [0.2, 0.25) is 0 Å². The molecule has 1 rings (SSSR count). The first-order chi connectivity index (χ1) is 6.02. The molecule has 0 aliphatic heterocycles. The molecule has 0 fully saturated rings. The van der Waals surface area contributed by atoms with E-state index in [0.29, 0.717) is 11.1 Å². The van der Waals surface area contributed by atoms with Crippen molar-refractivity contribution in [1.82, 2.24) is 4.98 Å². The lowest BCUT2D eigenvalue weighted by atomic mass is 10.1. The Morgan fingerprint density at radius 1 is 1.69 bits per heavy atom. The molecule has 0 saturated heterocycles. The molecule has 2 N–H and O–H groups in total. The summed E-state index contributed by atoms with van der Waals surface area (Å²) in [4.78, 5) is 14.4. The second kappa shape index (κ2) is 3.62. The first kappa shape index (κ1) is 9.80. The summed E-state index contributed by atoms with van der Waals surface area (Å²) in [5, 5.41) is 0. The van der Waals surface area contributed by atoms with Crippen molar-refractivity contribution in [2.24, 2.45) is 5.73 Å². The number of aryl methyl sites for hydroxylation is 1. The minimum absolute atomic E-state index is 0.159. The lowest BCUT2D eigenvalue weighted by Gasteiger charge is -2.07. The summed E-state index contributed by atoms with van der Waals surface area (Å²) in [6, 6.07) is 0.834. The number of ketones is 1. The van der Waals surface area contributed by atoms with Gasteiger partial charge in [-0.25, -0.2) is 4.98 Å². The third-order valence-electron chi connectivity index (χ3n) is 1.83. The summed E-state index contributed by atoms with van der Waals surface area (Å²) >= 11 is 0. The van der Waals surface area contributed by atoms with Crippen molar-refractivity contribution in [1.29, 1.82) is 0 Å². The van der Waals surface area contributed by atoms with Gasteiger partial charge in [0.1, 0.15) is 0 Å². The Morgan fingerprint density at radius 3 is 2.77 bits per heavy atom. The van der Waals surface area contributed by atoms with Crippen molar-refractivity contribution in [3.8, 4) is 0 Å². The Hall–Kier alpha value is -1.29. The van der Waals surface area contributed by atoms with Crippen molar-refractivity contribution < 1.29 is 9.18 Å². The topological polar surface area (TPSA) is 56.0 Å². The number of pyridine rings is 1. The van der Waals surface area contributed by atoms with E-state index >= 15 is 0 Å². The maximum Gasteiger partial charge on any atom is 0.215 e. The third kappa shape index (κ3) is 2.09. The van der Waals surface area contributed by atoms with Gasteiger partial charge in [0.05, 0.1) is 6.04 Å². The summed E-state index contributed by atoms with van der Waals surface area (Å²) in [6.07, 6.45) is 1.29. The molecule has 1 atom stereocenters. The molecule has 0 aliphatic carbocycles. The van der Waals surface area contributed by atoms with Gasteiger partial charge in [-0.1, -0.05) is 0 Å². The van der Waals surface area contributed by atoms with E-state index in [1.165, 1.54) is 19.2 Å². The molecule has 1 aromatic rings. The predicted molar refractivity (Wildman–Crippen MR) is 46.5 cm³/mol. The zero-order chi connectivity index (χ0) is 10.0. The fraction of sp³-hybridized carbons (Fsp3) is 0.333. The summed E-state index contributed by atoms with van der Waals surface area (Å²) in [6.45, 7) is 2.97. The van der Waals surface area contributed by atoms with Crippen LogP contribution in [0, 0.1) is 12.9 Å². The SMILES string of the molecule is CC(=O)C(N)c1cnc(F)c(C)c1. The summed E-state index contributed by atoms with van der Waals surface area (Å²) in [5.74, 6) is -0.688. The van der Waals surface area contributed by atoms with Crippen LogP contribution in [0.15, 0.2) is 12.3 Å². The zero-order valence-electron chi connectivity index (χ0n) is 7.54. The Kier molecular flexibility index (Phi) is 2.72. The van der Waals surface area contributed by atoms with Gasteiger partial charge in [0.15, 0.2) is 5.78 Å². The average Bonchev–Trinajstić information content (AvgIpc) is 2.08. The van der Waals surface area contributed by atoms with Gasteiger partial charge >= 0.3 is 0 Å². The third-order valence-corrected chi connectivity index (χ3v) is 1.83. The van der Waals surface area contributed by atoms with E-state index in [2.05, 4.69) is 4.98 Å². The van der Waals surface area contributed by atoms with Crippen LogP contribution in [0.3, 0.4) is 0 Å². The summed E-state index contributed by atoms with van der Waals surface area (Å²) in [5.41, 5.74) is 6.49. The Morgan fingerprint density at radius 2 is 2.31 bits per heavy atom. The molecule has 0 saturated carbocycles. The monoisotopic (exact) mass is 182 g/mol. The number of Topliss-reactive ketones (excluding diaryl/α,β-unsaturated/α-hetero) is 1. The zero-order valence-corrected chi connectivity index (χ0v) is 7.54.